The van der Waals surface area contributed by atoms with Gasteiger partial charge >= 0.3 is 0 Å². The van der Waals surface area contributed by atoms with Gasteiger partial charge in [0.05, 0.1) is 6.54 Å². The number of nitrogens with two attached hydrogens (primary N) is 1. The minimum atomic E-state index is -0.352. The van der Waals surface area contributed by atoms with E-state index in [1.54, 1.807) is 5.06 Å². The van der Waals surface area contributed by atoms with Crippen molar-refractivity contribution in [2.45, 2.75) is 18.6 Å². The van der Waals surface area contributed by atoms with Crippen LogP contribution in [0.3, 0.4) is 0 Å². The number of allylic oxidation sites excluding steroid dienone is 2. The van der Waals surface area contributed by atoms with Crippen LogP contribution in [-0.4, -0.2) is 17.3 Å². The van der Waals surface area contributed by atoms with E-state index in [1.807, 2.05) is 24.4 Å². The zero-order valence-electron chi connectivity index (χ0n) is 6.36. The normalized spacial score (nSPS) is 25.7. The number of hydroxylamine groups is 2. The van der Waals surface area contributed by atoms with Gasteiger partial charge in [-0.25, -0.2) is 0 Å². The second-order valence-corrected chi connectivity index (χ2v) is 3.03. The molecule has 0 amide bonds. The van der Waals surface area contributed by atoms with E-state index < -0.39 is 0 Å². The smallest absolute Gasteiger partial charge is 0.144 e. The molecule has 3 heteroatoms. The molecule has 0 spiro atoms. The highest BCUT2D eigenvalue weighted by atomic mass is 16.7. The zero-order valence-corrected chi connectivity index (χ0v) is 6.36. The topological polar surface area (TPSA) is 38.5 Å². The third kappa shape index (κ3) is 1.61. The highest BCUT2D eigenvalue weighted by molar-refractivity contribution is 5.07. The number of nitrogens with zero attached hydrogens (tertiary/aromatic N) is 1. The Labute approximate surface area is 66.1 Å². The number of rotatable bonds is 2. The van der Waals surface area contributed by atoms with Crippen molar-refractivity contribution in [2.75, 3.05) is 6.54 Å². The SMILES string of the molecule is NC1(ON2C=CC=CC2)CC1. The summed E-state index contributed by atoms with van der Waals surface area (Å²) in [6.07, 6.45) is 9.81. The first-order chi connectivity index (χ1) is 5.29. The molecule has 1 heterocycles. The van der Waals surface area contributed by atoms with Gasteiger partial charge in [0.2, 0.25) is 0 Å². The molecule has 0 aromatic rings. The largest absolute Gasteiger partial charge is 0.301 e. The van der Waals surface area contributed by atoms with Gasteiger partial charge in [-0.2, -0.15) is 0 Å². The van der Waals surface area contributed by atoms with E-state index in [0.29, 0.717) is 0 Å². The predicted molar refractivity (Wildman–Crippen MR) is 42.2 cm³/mol. The molecule has 2 N–H and O–H groups in total. The molecule has 0 unspecified atom stereocenters. The summed E-state index contributed by atoms with van der Waals surface area (Å²) >= 11 is 0. The van der Waals surface area contributed by atoms with E-state index in [-0.39, 0.29) is 5.72 Å². The quantitative estimate of drug-likeness (QED) is 0.593. The first-order valence-electron chi connectivity index (χ1n) is 3.87. The van der Waals surface area contributed by atoms with Gasteiger partial charge in [0.15, 0.2) is 0 Å². The molecule has 11 heavy (non-hydrogen) atoms. The lowest BCUT2D eigenvalue weighted by Gasteiger charge is -2.23. The maximum atomic E-state index is 5.76. The molecule has 0 aromatic heterocycles. The van der Waals surface area contributed by atoms with Crippen molar-refractivity contribution >= 4 is 0 Å². The van der Waals surface area contributed by atoms with E-state index in [1.165, 1.54) is 0 Å². The second kappa shape index (κ2) is 2.36. The van der Waals surface area contributed by atoms with Crippen LogP contribution in [0, 0.1) is 0 Å². The predicted octanol–water partition coefficient (Wildman–Crippen LogP) is 0.752. The molecular weight excluding hydrogens is 140 g/mol. The molecule has 2 aliphatic rings. The van der Waals surface area contributed by atoms with E-state index >= 15 is 0 Å². The summed E-state index contributed by atoms with van der Waals surface area (Å²) in [4.78, 5) is 5.46. The van der Waals surface area contributed by atoms with Gasteiger partial charge in [0.25, 0.3) is 0 Å². The molecule has 3 nitrogen and oxygen atoms in total. The third-order valence-electron chi connectivity index (χ3n) is 1.83. The van der Waals surface area contributed by atoms with Gasteiger partial charge < -0.3 is 5.73 Å². The third-order valence-corrected chi connectivity index (χ3v) is 1.83. The van der Waals surface area contributed by atoms with Crippen LogP contribution in [0.15, 0.2) is 24.4 Å². The van der Waals surface area contributed by atoms with Crippen LogP contribution >= 0.6 is 0 Å². The first kappa shape index (κ1) is 6.88. The summed E-state index contributed by atoms with van der Waals surface area (Å²) in [6, 6.07) is 0. The van der Waals surface area contributed by atoms with Gasteiger partial charge in [-0.1, -0.05) is 12.2 Å². The lowest BCUT2D eigenvalue weighted by molar-refractivity contribution is -0.170. The highest BCUT2D eigenvalue weighted by Crippen LogP contribution is 2.34. The summed E-state index contributed by atoms with van der Waals surface area (Å²) in [7, 11) is 0. The molecule has 0 saturated heterocycles. The Balaban J connectivity index is 1.87. The summed E-state index contributed by atoms with van der Waals surface area (Å²) in [5.74, 6) is 0. The summed E-state index contributed by atoms with van der Waals surface area (Å²) in [6.45, 7) is 0.801. The van der Waals surface area contributed by atoms with Gasteiger partial charge in [0, 0.05) is 6.20 Å². The molecule has 1 aliphatic carbocycles. The maximum Gasteiger partial charge on any atom is 0.144 e. The Hall–Kier alpha value is -0.800. The number of hydrogen-bond donors (Lipinski definition) is 1. The van der Waals surface area contributed by atoms with Crippen molar-refractivity contribution in [3.63, 3.8) is 0 Å². The monoisotopic (exact) mass is 152 g/mol. The summed E-state index contributed by atoms with van der Waals surface area (Å²) in [5.41, 5.74) is 5.40. The fraction of sp³-hybridized carbons (Fsp3) is 0.500. The molecule has 60 valence electrons. The van der Waals surface area contributed by atoms with Gasteiger partial charge in [0.1, 0.15) is 5.72 Å². The van der Waals surface area contributed by atoms with Crippen LogP contribution < -0.4 is 5.73 Å². The van der Waals surface area contributed by atoms with Crippen molar-refractivity contribution in [3.05, 3.63) is 24.4 Å². The minimum absolute atomic E-state index is 0.352. The van der Waals surface area contributed by atoms with Crippen molar-refractivity contribution in [3.8, 4) is 0 Å². The summed E-state index contributed by atoms with van der Waals surface area (Å²) in [5, 5.41) is 1.77. The van der Waals surface area contributed by atoms with E-state index in [2.05, 4.69) is 0 Å². The molecule has 0 bridgehead atoms. The van der Waals surface area contributed by atoms with E-state index in [4.69, 9.17) is 10.6 Å². The fourth-order valence-corrected chi connectivity index (χ4v) is 0.966. The lowest BCUT2D eigenvalue weighted by Crippen LogP contribution is -2.34. The zero-order chi connectivity index (χ0) is 7.73. The van der Waals surface area contributed by atoms with Gasteiger partial charge in [-0.3, -0.25) is 9.90 Å². The lowest BCUT2D eigenvalue weighted by atomic mass is 10.4. The van der Waals surface area contributed by atoms with Crippen LogP contribution in [0.5, 0.6) is 0 Å². The van der Waals surface area contributed by atoms with E-state index in [0.717, 1.165) is 19.4 Å². The molecule has 0 atom stereocenters. The average molecular weight is 152 g/mol. The minimum Gasteiger partial charge on any atom is -0.301 e. The molecule has 2 rings (SSSR count). The Morgan fingerprint density at radius 3 is 2.73 bits per heavy atom. The molecule has 0 aromatic carbocycles. The molecule has 0 radical (unpaired) electrons. The maximum absolute atomic E-state index is 5.76. The van der Waals surface area contributed by atoms with Crippen molar-refractivity contribution in [2.24, 2.45) is 5.73 Å². The second-order valence-electron chi connectivity index (χ2n) is 3.03. The molecule has 1 saturated carbocycles. The van der Waals surface area contributed by atoms with Crippen molar-refractivity contribution < 1.29 is 4.84 Å². The first-order valence-corrected chi connectivity index (χ1v) is 3.87. The average Bonchev–Trinajstić information content (AvgIpc) is 2.70. The standard InChI is InChI=1S/C8H12N2O/c9-8(4-5-8)11-10-6-2-1-3-7-10/h1-3,6H,4-5,7,9H2. The van der Waals surface area contributed by atoms with Crippen LogP contribution in [0.1, 0.15) is 12.8 Å². The van der Waals surface area contributed by atoms with Crippen molar-refractivity contribution in [1.82, 2.24) is 5.06 Å². The highest BCUT2D eigenvalue weighted by Gasteiger charge is 2.41. The fourth-order valence-electron chi connectivity index (χ4n) is 0.966. The van der Waals surface area contributed by atoms with Crippen LogP contribution in [-0.2, 0) is 4.84 Å². The molecule has 1 fully saturated rings. The van der Waals surface area contributed by atoms with E-state index in [9.17, 15) is 0 Å². The van der Waals surface area contributed by atoms with Crippen LogP contribution in [0.4, 0.5) is 0 Å². The van der Waals surface area contributed by atoms with Gasteiger partial charge in [-0.05, 0) is 18.9 Å². The van der Waals surface area contributed by atoms with Crippen LogP contribution in [0.25, 0.3) is 0 Å². The Bertz CT molecular complexity index is 206. The Morgan fingerprint density at radius 1 is 1.36 bits per heavy atom. The van der Waals surface area contributed by atoms with Crippen LogP contribution in [0.2, 0.25) is 0 Å². The Kier molecular flexibility index (Phi) is 1.47. The van der Waals surface area contributed by atoms with Gasteiger partial charge in [-0.15, -0.1) is 0 Å². The number of hydrogen-bond acceptors (Lipinski definition) is 3. The summed E-state index contributed by atoms with van der Waals surface area (Å²) < 4.78 is 0. The molecular formula is C8H12N2O. The van der Waals surface area contributed by atoms with Crippen molar-refractivity contribution in [1.29, 1.82) is 0 Å². The Morgan fingerprint density at radius 2 is 2.18 bits per heavy atom. The molecule has 1 aliphatic heterocycles.